The monoisotopic (exact) mass is 257 g/mol. The molecule has 98 valence electrons. The van der Waals surface area contributed by atoms with Crippen LogP contribution < -0.4 is 11.1 Å². The maximum Gasteiger partial charge on any atom is 0.315 e. The molecule has 1 aromatic heterocycles. The maximum atomic E-state index is 11.7. The summed E-state index contributed by atoms with van der Waals surface area (Å²) in [6.07, 6.45) is 2.74. The van der Waals surface area contributed by atoms with Crippen LogP contribution in [0.15, 0.2) is 24.4 Å². The zero-order chi connectivity index (χ0) is 13.0. The van der Waals surface area contributed by atoms with Gasteiger partial charge in [0.05, 0.1) is 17.3 Å². The van der Waals surface area contributed by atoms with Gasteiger partial charge in [0, 0.05) is 24.5 Å². The molecule has 4 N–H and O–H groups in total. The Hall–Kier alpha value is -2.08. The summed E-state index contributed by atoms with van der Waals surface area (Å²) in [5.74, 6) is 0. The van der Waals surface area contributed by atoms with Crippen molar-refractivity contribution in [1.82, 2.24) is 20.4 Å². The van der Waals surface area contributed by atoms with Crippen molar-refractivity contribution in [2.45, 2.75) is 18.0 Å². The number of aromatic amines is 1. The summed E-state index contributed by atoms with van der Waals surface area (Å²) in [7, 11) is 0. The molecule has 2 saturated heterocycles. The number of amides is 2. The number of nitrogens with zero attached hydrogens (tertiary/aromatic N) is 2. The van der Waals surface area contributed by atoms with E-state index >= 15 is 0 Å². The number of likely N-dealkylation sites (tertiary alicyclic amines) is 1. The summed E-state index contributed by atoms with van der Waals surface area (Å²) in [5, 5.41) is 11.6. The minimum Gasteiger partial charge on any atom is -0.351 e. The number of urea groups is 1. The van der Waals surface area contributed by atoms with E-state index in [-0.39, 0.29) is 11.6 Å². The molecule has 2 unspecified atom stereocenters. The Bertz CT molecular complexity index is 666. The number of primary amides is 1. The van der Waals surface area contributed by atoms with Crippen LogP contribution in [0, 0.1) is 0 Å². The van der Waals surface area contributed by atoms with Crippen molar-refractivity contribution in [3.05, 3.63) is 30.0 Å². The second-order valence-corrected chi connectivity index (χ2v) is 5.40. The van der Waals surface area contributed by atoms with Gasteiger partial charge in [-0.05, 0) is 18.1 Å². The fourth-order valence-corrected chi connectivity index (χ4v) is 3.62. The molecule has 0 aliphatic carbocycles. The van der Waals surface area contributed by atoms with Crippen LogP contribution in [0.4, 0.5) is 4.79 Å². The summed E-state index contributed by atoms with van der Waals surface area (Å²) in [5.41, 5.74) is 7.36. The van der Waals surface area contributed by atoms with Crippen LogP contribution >= 0.6 is 0 Å². The third kappa shape index (κ3) is 1.29. The first-order valence-corrected chi connectivity index (χ1v) is 6.44. The van der Waals surface area contributed by atoms with Crippen LogP contribution in [0.2, 0.25) is 0 Å². The number of piperazine rings is 1. The molecule has 0 radical (unpaired) electrons. The van der Waals surface area contributed by atoms with E-state index in [0.717, 1.165) is 29.4 Å². The number of benzene rings is 1. The van der Waals surface area contributed by atoms with Crippen LogP contribution in [0.1, 0.15) is 12.0 Å². The number of carbonyl (C=O) groups is 1. The van der Waals surface area contributed by atoms with E-state index in [0.29, 0.717) is 12.6 Å². The largest absolute Gasteiger partial charge is 0.351 e. The summed E-state index contributed by atoms with van der Waals surface area (Å²) in [6.45, 7) is 1.44. The zero-order valence-electron chi connectivity index (χ0n) is 10.4. The Balaban J connectivity index is 1.94. The molecular formula is C13H15N5O. The molecule has 2 atom stereocenters. The lowest BCUT2D eigenvalue weighted by atomic mass is 9.87. The molecule has 2 amide bonds. The number of hydrogen-bond donors (Lipinski definition) is 3. The molecule has 2 aliphatic heterocycles. The fraction of sp³-hybridized carbons (Fsp3) is 0.385. The van der Waals surface area contributed by atoms with Crippen LogP contribution in [-0.2, 0) is 5.54 Å². The lowest BCUT2D eigenvalue weighted by Gasteiger charge is -2.38. The van der Waals surface area contributed by atoms with E-state index in [9.17, 15) is 4.79 Å². The molecular weight excluding hydrogens is 242 g/mol. The molecule has 2 aliphatic rings. The molecule has 6 heteroatoms. The van der Waals surface area contributed by atoms with Gasteiger partial charge in [-0.2, -0.15) is 5.10 Å². The van der Waals surface area contributed by atoms with Gasteiger partial charge in [0.15, 0.2) is 0 Å². The van der Waals surface area contributed by atoms with Crippen molar-refractivity contribution in [2.24, 2.45) is 5.73 Å². The van der Waals surface area contributed by atoms with Gasteiger partial charge in [-0.15, -0.1) is 0 Å². The van der Waals surface area contributed by atoms with Gasteiger partial charge in [0.2, 0.25) is 0 Å². The minimum absolute atomic E-state index is 0.320. The number of nitrogens with one attached hydrogen (secondary N) is 2. The van der Waals surface area contributed by atoms with Crippen LogP contribution in [0.3, 0.4) is 0 Å². The normalized spacial score (nSPS) is 29.3. The third-order valence-electron chi connectivity index (χ3n) is 4.44. The summed E-state index contributed by atoms with van der Waals surface area (Å²) in [6, 6.07) is 6.06. The van der Waals surface area contributed by atoms with Gasteiger partial charge in [0.25, 0.3) is 0 Å². The average Bonchev–Trinajstić information content (AvgIpc) is 3.11. The van der Waals surface area contributed by atoms with Gasteiger partial charge in [-0.25, -0.2) is 4.79 Å². The van der Waals surface area contributed by atoms with Crippen molar-refractivity contribution in [1.29, 1.82) is 0 Å². The predicted octanol–water partition coefficient (Wildman–Crippen LogP) is 0.514. The zero-order valence-corrected chi connectivity index (χ0v) is 10.4. The Morgan fingerprint density at radius 1 is 1.53 bits per heavy atom. The second-order valence-electron chi connectivity index (χ2n) is 5.40. The number of nitrogens with two attached hydrogens (primary N) is 1. The lowest BCUT2D eigenvalue weighted by molar-refractivity contribution is 0.147. The number of fused-ring (bicyclic) bond motifs is 3. The highest BCUT2D eigenvalue weighted by molar-refractivity contribution is 5.84. The standard InChI is InChI=1S/C13H15N5O/c14-12(19)18-6-8-4-13(18,7-15-8)10-2-1-3-11-9(10)5-16-17-11/h1-3,5,8,15H,4,6-7H2,(H2,14,19)(H,16,17). The molecule has 6 nitrogen and oxygen atoms in total. The topological polar surface area (TPSA) is 87.0 Å². The highest BCUT2D eigenvalue weighted by atomic mass is 16.2. The predicted molar refractivity (Wildman–Crippen MR) is 70.5 cm³/mol. The second kappa shape index (κ2) is 3.48. The first-order chi connectivity index (χ1) is 9.21. The summed E-state index contributed by atoms with van der Waals surface area (Å²) < 4.78 is 0. The van der Waals surface area contributed by atoms with Crippen molar-refractivity contribution in [3.63, 3.8) is 0 Å². The van der Waals surface area contributed by atoms with Crippen molar-refractivity contribution in [3.8, 4) is 0 Å². The van der Waals surface area contributed by atoms with Crippen LogP contribution in [0.25, 0.3) is 10.9 Å². The average molecular weight is 257 g/mol. The van der Waals surface area contributed by atoms with E-state index in [4.69, 9.17) is 5.73 Å². The van der Waals surface area contributed by atoms with E-state index in [1.54, 1.807) is 4.90 Å². The van der Waals surface area contributed by atoms with Gasteiger partial charge in [-0.3, -0.25) is 5.10 Å². The molecule has 3 heterocycles. The van der Waals surface area contributed by atoms with E-state index in [2.05, 4.69) is 21.6 Å². The Morgan fingerprint density at radius 3 is 3.21 bits per heavy atom. The summed E-state index contributed by atoms with van der Waals surface area (Å²) in [4.78, 5) is 13.5. The fourth-order valence-electron chi connectivity index (χ4n) is 3.62. The maximum absolute atomic E-state index is 11.7. The molecule has 4 rings (SSSR count). The van der Waals surface area contributed by atoms with Gasteiger partial charge < -0.3 is 16.0 Å². The Labute approximate surface area is 109 Å². The highest BCUT2D eigenvalue weighted by Crippen LogP contribution is 2.44. The molecule has 2 bridgehead atoms. The van der Waals surface area contributed by atoms with E-state index < -0.39 is 0 Å². The van der Waals surface area contributed by atoms with Crippen LogP contribution in [0.5, 0.6) is 0 Å². The molecule has 2 fully saturated rings. The quantitative estimate of drug-likeness (QED) is 0.695. The van der Waals surface area contributed by atoms with Crippen molar-refractivity contribution >= 4 is 16.9 Å². The molecule has 1 aromatic carbocycles. The van der Waals surface area contributed by atoms with Crippen molar-refractivity contribution in [2.75, 3.05) is 13.1 Å². The molecule has 0 spiro atoms. The Kier molecular flexibility index (Phi) is 1.98. The number of rotatable bonds is 1. The summed E-state index contributed by atoms with van der Waals surface area (Å²) >= 11 is 0. The van der Waals surface area contributed by atoms with Gasteiger partial charge in [0.1, 0.15) is 0 Å². The number of carbonyl (C=O) groups excluding carboxylic acids is 1. The number of aromatic nitrogens is 2. The third-order valence-corrected chi connectivity index (χ3v) is 4.44. The van der Waals surface area contributed by atoms with Crippen LogP contribution in [-0.4, -0.2) is 40.3 Å². The first kappa shape index (κ1) is 10.8. The highest BCUT2D eigenvalue weighted by Gasteiger charge is 2.53. The molecule has 19 heavy (non-hydrogen) atoms. The van der Waals surface area contributed by atoms with E-state index in [1.165, 1.54) is 0 Å². The Morgan fingerprint density at radius 2 is 2.42 bits per heavy atom. The van der Waals surface area contributed by atoms with Crippen molar-refractivity contribution < 1.29 is 4.79 Å². The smallest absolute Gasteiger partial charge is 0.315 e. The molecule has 0 saturated carbocycles. The van der Waals surface area contributed by atoms with Gasteiger partial charge in [-0.1, -0.05) is 12.1 Å². The number of hydrogen-bond acceptors (Lipinski definition) is 3. The number of H-pyrrole nitrogens is 1. The first-order valence-electron chi connectivity index (χ1n) is 6.44. The minimum atomic E-state index is -0.343. The lowest BCUT2D eigenvalue weighted by Crippen LogP contribution is -2.55. The SMILES string of the molecule is NC(=O)N1CC2CC1(c1cccc3[nH]ncc13)CN2. The van der Waals surface area contributed by atoms with Gasteiger partial charge >= 0.3 is 6.03 Å². The van der Waals surface area contributed by atoms with E-state index in [1.807, 2.05) is 18.3 Å². The molecule has 2 aromatic rings.